The predicted molar refractivity (Wildman–Crippen MR) is 78.8 cm³/mol. The number of carbonyl (C=O) groups is 1. The number of nitrogen functional groups attached to an aromatic ring is 1. The van der Waals surface area contributed by atoms with Gasteiger partial charge < -0.3 is 11.1 Å². The number of amides is 1. The minimum Gasteiger partial charge on any atom is -0.396 e. The second-order valence-electron chi connectivity index (χ2n) is 5.17. The molecule has 20 heavy (non-hydrogen) atoms. The Bertz CT molecular complexity index is 562. The van der Waals surface area contributed by atoms with E-state index in [1.54, 1.807) is 6.20 Å². The van der Waals surface area contributed by atoms with Gasteiger partial charge in [0.25, 0.3) is 0 Å². The Morgan fingerprint density at radius 3 is 2.60 bits per heavy atom. The lowest BCUT2D eigenvalue weighted by Gasteiger charge is -2.23. The van der Waals surface area contributed by atoms with Crippen LogP contribution in [0.2, 0.25) is 0 Å². The minimum absolute atomic E-state index is 0.00314. The summed E-state index contributed by atoms with van der Waals surface area (Å²) in [6, 6.07) is 9.97. The smallest absolute Gasteiger partial charge is 0.242 e. The topological polar surface area (TPSA) is 72.9 Å². The molecule has 0 bridgehead atoms. The molecule has 0 saturated carbocycles. The molecule has 1 unspecified atom stereocenters. The zero-order chi connectivity index (χ0) is 14.5. The molecule has 1 heterocycles. The molecule has 2 rings (SSSR count). The summed E-state index contributed by atoms with van der Waals surface area (Å²) in [7, 11) is 0. The molecule has 0 fully saturated rings. The van der Waals surface area contributed by atoms with Crippen LogP contribution in [0.15, 0.2) is 42.7 Å². The van der Waals surface area contributed by atoms with Crippen LogP contribution < -0.4 is 11.1 Å². The molecule has 106 valence electrons. The molecule has 1 atom stereocenters. The van der Waals surface area contributed by atoms with Gasteiger partial charge in [-0.1, -0.05) is 44.2 Å². The number of benzene rings is 1. The fraction of sp³-hybridized carbons (Fsp3) is 0.333. The van der Waals surface area contributed by atoms with Crippen molar-refractivity contribution in [3.63, 3.8) is 0 Å². The number of hydrogen-bond acceptors (Lipinski definition) is 3. The quantitative estimate of drug-likeness (QED) is 0.874. The van der Waals surface area contributed by atoms with Gasteiger partial charge in [-0.2, -0.15) is 5.10 Å². The van der Waals surface area contributed by atoms with E-state index in [-0.39, 0.29) is 18.5 Å². The van der Waals surface area contributed by atoms with Crippen molar-refractivity contribution < 1.29 is 4.79 Å². The number of nitrogens with one attached hydrogen (secondary N) is 1. The molecule has 5 nitrogen and oxygen atoms in total. The van der Waals surface area contributed by atoms with Crippen LogP contribution in [0.5, 0.6) is 0 Å². The Balaban J connectivity index is 2.03. The summed E-state index contributed by atoms with van der Waals surface area (Å²) in [6.45, 7) is 4.35. The lowest BCUT2D eigenvalue weighted by atomic mass is 9.96. The third kappa shape index (κ3) is 3.60. The van der Waals surface area contributed by atoms with Crippen LogP contribution in [0.3, 0.4) is 0 Å². The molecule has 0 radical (unpaired) electrons. The van der Waals surface area contributed by atoms with E-state index < -0.39 is 0 Å². The van der Waals surface area contributed by atoms with Crippen molar-refractivity contribution in [3.05, 3.63) is 48.3 Å². The van der Waals surface area contributed by atoms with E-state index in [4.69, 9.17) is 5.73 Å². The summed E-state index contributed by atoms with van der Waals surface area (Å²) >= 11 is 0. The molecular weight excluding hydrogens is 252 g/mol. The van der Waals surface area contributed by atoms with Gasteiger partial charge in [-0.15, -0.1) is 0 Å². The average Bonchev–Trinajstić information content (AvgIpc) is 2.82. The summed E-state index contributed by atoms with van der Waals surface area (Å²) in [6.07, 6.45) is 3.18. The third-order valence-electron chi connectivity index (χ3n) is 3.10. The van der Waals surface area contributed by atoms with Crippen LogP contribution in [0, 0.1) is 5.92 Å². The fourth-order valence-corrected chi connectivity index (χ4v) is 2.13. The Morgan fingerprint density at radius 1 is 1.35 bits per heavy atom. The normalized spacial score (nSPS) is 12.3. The monoisotopic (exact) mass is 272 g/mol. The largest absolute Gasteiger partial charge is 0.396 e. The van der Waals surface area contributed by atoms with Gasteiger partial charge in [0.15, 0.2) is 0 Å². The van der Waals surface area contributed by atoms with E-state index in [9.17, 15) is 4.79 Å². The number of aromatic nitrogens is 2. The molecule has 3 N–H and O–H groups in total. The maximum Gasteiger partial charge on any atom is 0.242 e. The second-order valence-corrected chi connectivity index (χ2v) is 5.17. The molecule has 0 spiro atoms. The van der Waals surface area contributed by atoms with E-state index in [1.165, 1.54) is 10.9 Å². The first-order valence-corrected chi connectivity index (χ1v) is 6.68. The first-order valence-electron chi connectivity index (χ1n) is 6.68. The van der Waals surface area contributed by atoms with Crippen LogP contribution in [-0.2, 0) is 11.3 Å². The lowest BCUT2D eigenvalue weighted by Crippen LogP contribution is -2.34. The van der Waals surface area contributed by atoms with Crippen molar-refractivity contribution >= 4 is 11.6 Å². The number of nitrogens with two attached hydrogens (primary N) is 1. The zero-order valence-electron chi connectivity index (χ0n) is 11.8. The van der Waals surface area contributed by atoms with E-state index in [0.717, 1.165) is 5.56 Å². The van der Waals surface area contributed by atoms with Crippen molar-refractivity contribution in [1.82, 2.24) is 15.1 Å². The fourth-order valence-electron chi connectivity index (χ4n) is 2.13. The number of anilines is 1. The van der Waals surface area contributed by atoms with Crippen molar-refractivity contribution in [2.24, 2.45) is 5.92 Å². The first kappa shape index (κ1) is 14.1. The molecule has 0 aliphatic rings. The number of rotatable bonds is 5. The van der Waals surface area contributed by atoms with Crippen molar-refractivity contribution in [3.8, 4) is 0 Å². The Kier molecular flexibility index (Phi) is 4.40. The summed E-state index contributed by atoms with van der Waals surface area (Å²) in [5, 5.41) is 7.06. The van der Waals surface area contributed by atoms with Gasteiger partial charge in [0.2, 0.25) is 5.91 Å². The summed E-state index contributed by atoms with van der Waals surface area (Å²) in [5.74, 6) is 0.236. The first-order chi connectivity index (χ1) is 9.56. The predicted octanol–water partition coefficient (Wildman–Crippen LogP) is 1.98. The molecule has 0 aliphatic carbocycles. The lowest BCUT2D eigenvalue weighted by molar-refractivity contribution is -0.122. The standard InChI is InChI=1S/C15H20N4O/c1-11(2)15(12-6-4-3-5-7-12)18-14(20)10-19-9-13(16)8-17-19/h3-9,11,15H,10,16H2,1-2H3,(H,18,20). The molecule has 0 saturated heterocycles. The Hall–Kier alpha value is -2.30. The van der Waals surface area contributed by atoms with Crippen LogP contribution >= 0.6 is 0 Å². The molecule has 5 heteroatoms. The Labute approximate surface area is 118 Å². The second kappa shape index (κ2) is 6.23. The maximum atomic E-state index is 12.1. The SMILES string of the molecule is CC(C)C(NC(=O)Cn1cc(N)cn1)c1ccccc1. The van der Waals surface area contributed by atoms with Gasteiger partial charge >= 0.3 is 0 Å². The van der Waals surface area contributed by atoms with Crippen LogP contribution in [0.4, 0.5) is 5.69 Å². The molecule has 1 aromatic heterocycles. The molecular formula is C15H20N4O. The van der Waals surface area contributed by atoms with Crippen molar-refractivity contribution in [2.75, 3.05) is 5.73 Å². The van der Waals surface area contributed by atoms with Crippen LogP contribution in [0.1, 0.15) is 25.5 Å². The summed E-state index contributed by atoms with van der Waals surface area (Å²) in [4.78, 5) is 12.1. The van der Waals surface area contributed by atoms with Gasteiger partial charge in [0.1, 0.15) is 6.54 Å². The number of carbonyl (C=O) groups excluding carboxylic acids is 1. The van der Waals surface area contributed by atoms with Crippen molar-refractivity contribution in [2.45, 2.75) is 26.4 Å². The number of nitrogens with zero attached hydrogens (tertiary/aromatic N) is 2. The highest BCUT2D eigenvalue weighted by Crippen LogP contribution is 2.21. The Morgan fingerprint density at radius 2 is 2.05 bits per heavy atom. The summed E-state index contributed by atoms with van der Waals surface area (Å²) < 4.78 is 1.53. The average molecular weight is 272 g/mol. The molecule has 1 aromatic carbocycles. The minimum atomic E-state index is -0.0735. The van der Waals surface area contributed by atoms with Gasteiger partial charge in [-0.3, -0.25) is 9.48 Å². The van der Waals surface area contributed by atoms with Gasteiger partial charge in [-0.25, -0.2) is 0 Å². The highest BCUT2D eigenvalue weighted by Gasteiger charge is 2.18. The van der Waals surface area contributed by atoms with Crippen LogP contribution in [-0.4, -0.2) is 15.7 Å². The molecule has 1 amide bonds. The van der Waals surface area contributed by atoms with E-state index in [2.05, 4.69) is 24.3 Å². The van der Waals surface area contributed by atoms with Crippen LogP contribution in [0.25, 0.3) is 0 Å². The third-order valence-corrected chi connectivity index (χ3v) is 3.10. The van der Waals surface area contributed by atoms with E-state index in [1.807, 2.05) is 30.3 Å². The van der Waals surface area contributed by atoms with E-state index in [0.29, 0.717) is 11.6 Å². The van der Waals surface area contributed by atoms with Gasteiger partial charge in [0.05, 0.1) is 17.9 Å². The van der Waals surface area contributed by atoms with Gasteiger partial charge in [-0.05, 0) is 11.5 Å². The van der Waals surface area contributed by atoms with Gasteiger partial charge in [0, 0.05) is 6.20 Å². The molecule has 2 aromatic rings. The zero-order valence-corrected chi connectivity index (χ0v) is 11.8. The maximum absolute atomic E-state index is 12.1. The van der Waals surface area contributed by atoms with Crippen molar-refractivity contribution in [1.29, 1.82) is 0 Å². The highest BCUT2D eigenvalue weighted by molar-refractivity contribution is 5.76. The molecule has 0 aliphatic heterocycles. The number of hydrogen-bond donors (Lipinski definition) is 2. The highest BCUT2D eigenvalue weighted by atomic mass is 16.2. The van der Waals surface area contributed by atoms with E-state index >= 15 is 0 Å². The summed E-state index contributed by atoms with van der Waals surface area (Å²) in [5.41, 5.74) is 7.24.